The molecule has 92 valence electrons. The standard InChI is InChI=1S/C12H21NO3/c1-8(2)9(3)6-11(14)13-5-4-10(7-13)12(15)16/h8-10H,4-7H2,1-3H3,(H,15,16). The minimum Gasteiger partial charge on any atom is -0.481 e. The van der Waals surface area contributed by atoms with Crippen molar-refractivity contribution >= 4 is 11.9 Å². The average molecular weight is 227 g/mol. The number of nitrogens with zero attached hydrogens (tertiary/aromatic N) is 1. The van der Waals surface area contributed by atoms with Crippen LogP contribution in [0, 0.1) is 17.8 Å². The van der Waals surface area contributed by atoms with Crippen LogP contribution in [-0.2, 0) is 9.59 Å². The van der Waals surface area contributed by atoms with E-state index in [4.69, 9.17) is 5.11 Å². The summed E-state index contributed by atoms with van der Waals surface area (Å²) in [5, 5.41) is 8.84. The number of hydrogen-bond donors (Lipinski definition) is 1. The highest BCUT2D eigenvalue weighted by atomic mass is 16.4. The van der Waals surface area contributed by atoms with Crippen LogP contribution in [-0.4, -0.2) is 35.0 Å². The van der Waals surface area contributed by atoms with Crippen molar-refractivity contribution in [3.63, 3.8) is 0 Å². The molecule has 0 spiro atoms. The van der Waals surface area contributed by atoms with Gasteiger partial charge >= 0.3 is 5.97 Å². The molecule has 1 heterocycles. The van der Waals surface area contributed by atoms with Crippen LogP contribution in [0.3, 0.4) is 0 Å². The van der Waals surface area contributed by atoms with Crippen molar-refractivity contribution < 1.29 is 14.7 Å². The average Bonchev–Trinajstić information content (AvgIpc) is 2.65. The Morgan fingerprint density at radius 2 is 2.00 bits per heavy atom. The van der Waals surface area contributed by atoms with Gasteiger partial charge in [-0.25, -0.2) is 0 Å². The maximum absolute atomic E-state index is 11.9. The summed E-state index contributed by atoms with van der Waals surface area (Å²) in [5.41, 5.74) is 0. The molecule has 1 aliphatic heterocycles. The van der Waals surface area contributed by atoms with Crippen LogP contribution in [0.2, 0.25) is 0 Å². The van der Waals surface area contributed by atoms with Crippen LogP contribution in [0.5, 0.6) is 0 Å². The lowest BCUT2D eigenvalue weighted by atomic mass is 9.94. The molecule has 1 N–H and O–H groups in total. The Morgan fingerprint density at radius 3 is 2.44 bits per heavy atom. The molecule has 1 amide bonds. The topological polar surface area (TPSA) is 57.6 Å². The van der Waals surface area contributed by atoms with Crippen LogP contribution in [0.1, 0.15) is 33.6 Å². The van der Waals surface area contributed by atoms with Gasteiger partial charge < -0.3 is 10.0 Å². The number of carbonyl (C=O) groups excluding carboxylic acids is 1. The molecule has 0 radical (unpaired) electrons. The van der Waals surface area contributed by atoms with E-state index in [1.807, 2.05) is 0 Å². The lowest BCUT2D eigenvalue weighted by molar-refractivity contribution is -0.141. The van der Waals surface area contributed by atoms with E-state index in [-0.39, 0.29) is 11.8 Å². The summed E-state index contributed by atoms with van der Waals surface area (Å²) >= 11 is 0. The fraction of sp³-hybridized carbons (Fsp3) is 0.833. The monoisotopic (exact) mass is 227 g/mol. The van der Waals surface area contributed by atoms with E-state index in [9.17, 15) is 9.59 Å². The number of aliphatic carboxylic acids is 1. The first-order chi connectivity index (χ1) is 7.41. The smallest absolute Gasteiger partial charge is 0.308 e. The van der Waals surface area contributed by atoms with Crippen LogP contribution >= 0.6 is 0 Å². The quantitative estimate of drug-likeness (QED) is 0.793. The van der Waals surface area contributed by atoms with Gasteiger partial charge in [0, 0.05) is 19.5 Å². The van der Waals surface area contributed by atoms with E-state index in [0.29, 0.717) is 37.8 Å². The highest BCUT2D eigenvalue weighted by Gasteiger charge is 2.31. The molecular formula is C12H21NO3. The molecule has 16 heavy (non-hydrogen) atoms. The largest absolute Gasteiger partial charge is 0.481 e. The third-order valence-corrected chi connectivity index (χ3v) is 3.52. The first-order valence-corrected chi connectivity index (χ1v) is 5.92. The van der Waals surface area contributed by atoms with E-state index in [1.54, 1.807) is 4.90 Å². The molecule has 0 bridgehead atoms. The number of carboxylic acid groups (broad SMARTS) is 1. The van der Waals surface area contributed by atoms with Crippen molar-refractivity contribution in [2.24, 2.45) is 17.8 Å². The van der Waals surface area contributed by atoms with Gasteiger partial charge in [-0.05, 0) is 18.3 Å². The van der Waals surface area contributed by atoms with Crippen molar-refractivity contribution in [2.75, 3.05) is 13.1 Å². The SMILES string of the molecule is CC(C)C(C)CC(=O)N1CCC(C(=O)O)C1. The van der Waals surface area contributed by atoms with Crippen LogP contribution in [0.15, 0.2) is 0 Å². The summed E-state index contributed by atoms with van der Waals surface area (Å²) < 4.78 is 0. The summed E-state index contributed by atoms with van der Waals surface area (Å²) in [6.45, 7) is 7.25. The molecule has 0 aromatic heterocycles. The summed E-state index contributed by atoms with van der Waals surface area (Å²) in [5.74, 6) is -0.200. The molecular weight excluding hydrogens is 206 g/mol. The molecule has 4 nitrogen and oxygen atoms in total. The van der Waals surface area contributed by atoms with Crippen molar-refractivity contribution in [3.8, 4) is 0 Å². The van der Waals surface area contributed by atoms with E-state index in [0.717, 1.165) is 0 Å². The Bertz CT molecular complexity index is 275. The Kier molecular flexibility index (Phi) is 4.33. The van der Waals surface area contributed by atoms with E-state index in [2.05, 4.69) is 20.8 Å². The summed E-state index contributed by atoms with van der Waals surface area (Å²) in [6.07, 6.45) is 1.13. The van der Waals surface area contributed by atoms with E-state index >= 15 is 0 Å². The molecule has 0 aromatic rings. The van der Waals surface area contributed by atoms with Crippen molar-refractivity contribution in [1.29, 1.82) is 0 Å². The van der Waals surface area contributed by atoms with Gasteiger partial charge in [-0.3, -0.25) is 9.59 Å². The zero-order valence-electron chi connectivity index (χ0n) is 10.3. The van der Waals surface area contributed by atoms with Crippen LogP contribution in [0.4, 0.5) is 0 Å². The van der Waals surface area contributed by atoms with Crippen LogP contribution < -0.4 is 0 Å². The van der Waals surface area contributed by atoms with Gasteiger partial charge in [-0.1, -0.05) is 20.8 Å². The molecule has 1 aliphatic rings. The van der Waals surface area contributed by atoms with Crippen LogP contribution in [0.25, 0.3) is 0 Å². The Balaban J connectivity index is 2.42. The first-order valence-electron chi connectivity index (χ1n) is 5.92. The number of carboxylic acids is 1. The van der Waals surface area contributed by atoms with Gasteiger partial charge in [0.2, 0.25) is 5.91 Å². The summed E-state index contributed by atoms with van der Waals surface area (Å²) in [7, 11) is 0. The van der Waals surface area contributed by atoms with Gasteiger partial charge in [-0.15, -0.1) is 0 Å². The highest BCUT2D eigenvalue weighted by molar-refractivity contribution is 5.78. The Labute approximate surface area is 96.6 Å². The molecule has 4 heteroatoms. The second-order valence-corrected chi connectivity index (χ2v) is 5.09. The molecule has 0 aromatic carbocycles. The number of amides is 1. The zero-order valence-corrected chi connectivity index (χ0v) is 10.3. The van der Waals surface area contributed by atoms with Gasteiger partial charge in [0.1, 0.15) is 0 Å². The van der Waals surface area contributed by atoms with Crippen molar-refractivity contribution in [1.82, 2.24) is 4.90 Å². The Morgan fingerprint density at radius 1 is 1.38 bits per heavy atom. The highest BCUT2D eigenvalue weighted by Crippen LogP contribution is 2.20. The predicted octanol–water partition coefficient (Wildman–Crippen LogP) is 1.60. The van der Waals surface area contributed by atoms with Crippen molar-refractivity contribution in [3.05, 3.63) is 0 Å². The second-order valence-electron chi connectivity index (χ2n) is 5.09. The molecule has 1 rings (SSSR count). The molecule has 0 saturated carbocycles. The van der Waals surface area contributed by atoms with E-state index in [1.165, 1.54) is 0 Å². The molecule has 1 saturated heterocycles. The number of likely N-dealkylation sites (tertiary alicyclic amines) is 1. The van der Waals surface area contributed by atoms with Gasteiger partial charge in [-0.2, -0.15) is 0 Å². The predicted molar refractivity (Wildman–Crippen MR) is 60.9 cm³/mol. The Hall–Kier alpha value is -1.06. The molecule has 0 aliphatic carbocycles. The molecule has 2 atom stereocenters. The minimum atomic E-state index is -0.785. The summed E-state index contributed by atoms with van der Waals surface area (Å²) in [4.78, 5) is 24.3. The minimum absolute atomic E-state index is 0.102. The molecule has 1 fully saturated rings. The molecule has 2 unspecified atom stereocenters. The third kappa shape index (κ3) is 3.22. The third-order valence-electron chi connectivity index (χ3n) is 3.52. The lowest BCUT2D eigenvalue weighted by Gasteiger charge is -2.20. The van der Waals surface area contributed by atoms with Gasteiger partial charge in [0.25, 0.3) is 0 Å². The van der Waals surface area contributed by atoms with Gasteiger partial charge in [0.05, 0.1) is 5.92 Å². The zero-order chi connectivity index (χ0) is 12.3. The second kappa shape index (κ2) is 5.32. The fourth-order valence-corrected chi connectivity index (χ4v) is 1.83. The number of rotatable bonds is 4. The normalized spacial score (nSPS) is 22.5. The lowest BCUT2D eigenvalue weighted by Crippen LogP contribution is -2.31. The van der Waals surface area contributed by atoms with E-state index < -0.39 is 5.97 Å². The summed E-state index contributed by atoms with van der Waals surface area (Å²) in [6, 6.07) is 0. The number of hydrogen-bond acceptors (Lipinski definition) is 2. The first kappa shape index (κ1) is 13.0. The van der Waals surface area contributed by atoms with Gasteiger partial charge in [0.15, 0.2) is 0 Å². The maximum Gasteiger partial charge on any atom is 0.308 e. The van der Waals surface area contributed by atoms with Crippen molar-refractivity contribution in [2.45, 2.75) is 33.6 Å². The number of carbonyl (C=O) groups is 2. The maximum atomic E-state index is 11.9. The fourth-order valence-electron chi connectivity index (χ4n) is 1.83.